The van der Waals surface area contributed by atoms with Crippen LogP contribution in [-0.4, -0.2) is 165 Å². The number of urea groups is 1. The van der Waals surface area contributed by atoms with Crippen molar-refractivity contribution in [3.63, 3.8) is 0 Å². The Hall–Kier alpha value is -6.13. The molecule has 23 heteroatoms. The number of rotatable bonds is 13. The van der Waals surface area contributed by atoms with Crippen molar-refractivity contribution in [1.82, 2.24) is 46.6 Å². The molecule has 5 fully saturated rings. The fourth-order valence-electron chi connectivity index (χ4n) is 11.8. The van der Waals surface area contributed by atoms with E-state index < -0.39 is 82.0 Å². The zero-order valence-corrected chi connectivity index (χ0v) is 59.2. The van der Waals surface area contributed by atoms with E-state index in [2.05, 4.69) is 52.3 Å². The number of aliphatic hydroxyl groups is 1. The largest absolute Gasteiger partial charge is 0.444 e. The molecule has 4 saturated heterocycles. The molecule has 1 saturated carbocycles. The average Bonchev–Trinajstić information content (AvgIpc) is 1.53. The lowest BCUT2D eigenvalue weighted by Crippen LogP contribution is -2.61. The van der Waals surface area contributed by atoms with Crippen LogP contribution in [0.25, 0.3) is 0 Å². The van der Waals surface area contributed by atoms with E-state index in [0.29, 0.717) is 45.1 Å². The first-order valence-corrected chi connectivity index (χ1v) is 32.8. The second-order valence-corrected chi connectivity index (χ2v) is 33.1. The van der Waals surface area contributed by atoms with Crippen LogP contribution in [0.15, 0.2) is 12.7 Å². The van der Waals surface area contributed by atoms with Crippen LogP contribution in [0.1, 0.15) is 229 Å². The van der Waals surface area contributed by atoms with Crippen LogP contribution >= 0.6 is 0 Å². The maximum atomic E-state index is 14.4. The van der Waals surface area contributed by atoms with Crippen LogP contribution in [0.2, 0.25) is 0 Å². The average molecular weight is 1280 g/mol. The number of ketones is 1. The molecule has 0 aromatic heterocycles. The number of amides is 11. The summed E-state index contributed by atoms with van der Waals surface area (Å²) in [4.78, 5) is 146. The number of Topliss-reactive ketones (excluding diaryl/α,β-unsaturated/α-hetero) is 1. The number of nitrogens with one attached hydrogen (secondary N) is 6. The molecule has 0 radical (unpaired) electrons. The Kier molecular flexibility index (Phi) is 27.5. The standard InChI is InChI=1S/C39H62N6O7.C18H32N2O4.C11H23NO3/c1-9-19-40-34(50)32(48)25-17-15-13-11-10-12-14-16-18-26(35(51)45-22-24-30(39(24,7)8)31(45)33(49)41-25)42-36(52)43-27(37(2,3)4)23-44-28(46)20-38(5,6)21-29(44)47;1-16(2,3)12(19-15(23)24-17(4,5)6)11-20-13(21)9-18(7,8)10-14(20)22;1-10(2,3)8(7-13)12-9(14)15-11(4,5)6/h9,24-27,30-31H,1,10-23H2,2-8H3,(H,40,50)(H,41,49)(H2,42,43,52);12H,9-11H2,1-8H3,(H,19,23);8,13H,7H2,1-6H3,(H,12,14)/t24-,25-,26-,27+,30-,31-;12-;8-/m011/s1. The van der Waals surface area contributed by atoms with E-state index in [1.54, 1.807) is 46.4 Å². The fraction of sp³-hybridized carbons (Fsp3) is 0.809. The molecule has 5 rings (SSSR count). The molecule has 11 amide bonds. The topological polar surface area (TPSA) is 308 Å². The molecule has 23 nitrogen and oxygen atoms in total. The Morgan fingerprint density at radius 2 is 1.00 bits per heavy atom. The molecule has 4 heterocycles. The van der Waals surface area contributed by atoms with Gasteiger partial charge in [-0.25, -0.2) is 14.4 Å². The summed E-state index contributed by atoms with van der Waals surface area (Å²) >= 11 is 0. The first kappa shape index (κ1) is 79.1. The Morgan fingerprint density at radius 3 is 1.40 bits per heavy atom. The monoisotopic (exact) mass is 1280 g/mol. The van der Waals surface area contributed by atoms with Crippen molar-refractivity contribution in [2.75, 3.05) is 32.8 Å². The van der Waals surface area contributed by atoms with E-state index in [9.17, 15) is 52.7 Å². The third-order valence-corrected chi connectivity index (χ3v) is 17.6. The predicted octanol–water partition coefficient (Wildman–Crippen LogP) is 8.63. The number of hydrogen-bond donors (Lipinski definition) is 7. The Labute approximate surface area is 543 Å². The maximum Gasteiger partial charge on any atom is 0.407 e. The molecule has 518 valence electrons. The number of alkyl carbamates (subject to hydrolysis) is 2. The molecular weight excluding hydrogens is 1170 g/mol. The van der Waals surface area contributed by atoms with Crippen molar-refractivity contribution in [3.05, 3.63) is 12.7 Å². The number of fused-ring (bicyclic) bond motifs is 3. The van der Waals surface area contributed by atoms with Crippen LogP contribution in [0, 0.1) is 44.3 Å². The van der Waals surface area contributed by atoms with Gasteiger partial charge >= 0.3 is 18.2 Å². The van der Waals surface area contributed by atoms with Crippen molar-refractivity contribution in [3.8, 4) is 0 Å². The van der Waals surface area contributed by atoms with Gasteiger partial charge in [-0.1, -0.05) is 155 Å². The molecule has 0 unspecified atom stereocenters. The van der Waals surface area contributed by atoms with E-state index in [1.165, 1.54) is 15.9 Å². The van der Waals surface area contributed by atoms with E-state index in [1.807, 2.05) is 90.0 Å². The predicted molar refractivity (Wildman–Crippen MR) is 348 cm³/mol. The second-order valence-electron chi connectivity index (χ2n) is 33.1. The van der Waals surface area contributed by atoms with E-state index in [-0.39, 0.29) is 114 Å². The number of hydrogen-bond acceptors (Lipinski definition) is 14. The first-order chi connectivity index (χ1) is 41.4. The lowest BCUT2D eigenvalue weighted by atomic mass is 9.80. The molecule has 0 aromatic carbocycles. The van der Waals surface area contributed by atoms with Gasteiger partial charge in [-0.05, 0) is 98.7 Å². The van der Waals surface area contributed by atoms with Gasteiger partial charge in [0.2, 0.25) is 41.2 Å². The van der Waals surface area contributed by atoms with Crippen LogP contribution < -0.4 is 31.9 Å². The van der Waals surface area contributed by atoms with Crippen molar-refractivity contribution in [2.45, 2.75) is 276 Å². The highest BCUT2D eigenvalue weighted by molar-refractivity contribution is 6.38. The smallest absolute Gasteiger partial charge is 0.407 e. The zero-order chi connectivity index (χ0) is 69.8. The van der Waals surface area contributed by atoms with Gasteiger partial charge in [0.15, 0.2) is 0 Å². The zero-order valence-electron chi connectivity index (χ0n) is 59.2. The second kappa shape index (κ2) is 31.7. The van der Waals surface area contributed by atoms with Gasteiger partial charge in [-0.2, -0.15) is 0 Å². The number of likely N-dealkylation sites (tertiary alicyclic amines) is 2. The molecule has 5 aliphatic rings. The summed E-state index contributed by atoms with van der Waals surface area (Å²) in [5, 5.41) is 25.9. The number of nitrogens with zero attached hydrogens (tertiary/aromatic N) is 3. The summed E-state index contributed by atoms with van der Waals surface area (Å²) in [6.07, 6.45) is 8.20. The number of carbonyl (C=O) groups is 11. The minimum Gasteiger partial charge on any atom is -0.444 e. The maximum absolute atomic E-state index is 14.4. The minimum absolute atomic E-state index is 0.0155. The highest BCUT2D eigenvalue weighted by atomic mass is 16.6. The number of carbonyl (C=O) groups excluding carboxylic acids is 11. The fourth-order valence-corrected chi connectivity index (χ4v) is 11.8. The number of imide groups is 2. The van der Waals surface area contributed by atoms with Crippen LogP contribution in [-0.2, 0) is 47.8 Å². The quantitative estimate of drug-likeness (QED) is 0.0516. The molecule has 0 spiro atoms. The Balaban J connectivity index is 0.000000454. The summed E-state index contributed by atoms with van der Waals surface area (Å²) in [7, 11) is 0. The van der Waals surface area contributed by atoms with Crippen LogP contribution in [0.5, 0.6) is 0 Å². The van der Waals surface area contributed by atoms with Crippen molar-refractivity contribution in [1.29, 1.82) is 0 Å². The lowest BCUT2D eigenvalue weighted by molar-refractivity contribution is -0.155. The van der Waals surface area contributed by atoms with Gasteiger partial charge in [-0.15, -0.1) is 6.58 Å². The first-order valence-electron chi connectivity index (χ1n) is 32.8. The van der Waals surface area contributed by atoms with Gasteiger partial charge in [0, 0.05) is 51.9 Å². The minimum atomic E-state index is -1.03. The van der Waals surface area contributed by atoms with Crippen LogP contribution in [0.4, 0.5) is 14.4 Å². The molecule has 0 aromatic rings. The molecule has 0 bridgehead atoms. The highest BCUT2D eigenvalue weighted by Gasteiger charge is 2.69. The lowest BCUT2D eigenvalue weighted by Gasteiger charge is -2.40. The number of ether oxygens (including phenoxy) is 2. The highest BCUT2D eigenvalue weighted by Crippen LogP contribution is 2.65. The molecule has 4 aliphatic heterocycles. The van der Waals surface area contributed by atoms with Crippen molar-refractivity contribution in [2.24, 2.45) is 44.3 Å². The van der Waals surface area contributed by atoms with Gasteiger partial charge in [0.1, 0.15) is 23.3 Å². The van der Waals surface area contributed by atoms with Gasteiger partial charge < -0.3 is 51.4 Å². The summed E-state index contributed by atoms with van der Waals surface area (Å²) in [6.45, 7) is 44.1. The van der Waals surface area contributed by atoms with Crippen molar-refractivity contribution < 1.29 is 67.3 Å². The number of piperidine rings is 3. The van der Waals surface area contributed by atoms with E-state index in [4.69, 9.17) is 14.6 Å². The molecule has 8 atom stereocenters. The molecule has 91 heavy (non-hydrogen) atoms. The normalized spacial score (nSPS) is 24.2. The summed E-state index contributed by atoms with van der Waals surface area (Å²) in [6, 6.07) is -4.69. The summed E-state index contributed by atoms with van der Waals surface area (Å²) < 4.78 is 10.4. The SMILES string of the molecule is C=CCNC(=O)C(=O)[C@@H]1CCCCCCCCC[C@H](NC(=O)N[C@H](CN2C(=O)CC(C)(C)CC2=O)C(C)(C)C)C(=O)N2C[C@H]3[C@@H]([C@H]2C(=O)N1)C3(C)C.CC(C)(C)OC(=O)N[C@H](CO)C(C)(C)C.CC1(C)CC(=O)N(C[C@@H](NC(=O)OC(C)(C)C)C(C)(C)C)C(=O)C1. The van der Waals surface area contributed by atoms with E-state index in [0.717, 1.165) is 32.1 Å². The summed E-state index contributed by atoms with van der Waals surface area (Å²) in [5.41, 5.74) is -3.09. The Bertz CT molecular complexity index is 2580. The number of aliphatic hydroxyl groups excluding tert-OH is 1. The summed E-state index contributed by atoms with van der Waals surface area (Å²) in [5.74, 6) is -3.32. The molecule has 7 N–H and O–H groups in total. The van der Waals surface area contributed by atoms with Crippen molar-refractivity contribution >= 4 is 65.4 Å². The molecular formula is C68H117N9O14. The van der Waals surface area contributed by atoms with Crippen LogP contribution in [0.3, 0.4) is 0 Å². The van der Waals surface area contributed by atoms with E-state index >= 15 is 0 Å². The van der Waals surface area contributed by atoms with Gasteiger partial charge in [0.05, 0.1) is 30.8 Å². The third kappa shape index (κ3) is 25.0. The van der Waals surface area contributed by atoms with Gasteiger partial charge in [-0.3, -0.25) is 48.2 Å². The Morgan fingerprint density at radius 1 is 0.604 bits per heavy atom. The van der Waals surface area contributed by atoms with Gasteiger partial charge in [0.25, 0.3) is 5.91 Å². The third-order valence-electron chi connectivity index (χ3n) is 17.6. The molecule has 1 aliphatic carbocycles.